The molecule has 0 saturated heterocycles. The van der Waals surface area contributed by atoms with Crippen LogP contribution in [0, 0.1) is 13.5 Å². The lowest BCUT2D eigenvalue weighted by Crippen LogP contribution is -2.20. The molecule has 0 spiro atoms. The second-order valence-electron chi connectivity index (χ2n) is 8.23. The minimum absolute atomic E-state index is 0.171. The van der Waals surface area contributed by atoms with Crippen molar-refractivity contribution in [2.45, 2.75) is 38.9 Å². The van der Waals surface area contributed by atoms with E-state index in [1.54, 1.807) is 0 Å². The van der Waals surface area contributed by atoms with E-state index in [4.69, 9.17) is 6.57 Å². The molecule has 1 aromatic heterocycles. The summed E-state index contributed by atoms with van der Waals surface area (Å²) in [6.07, 6.45) is 4.28. The highest BCUT2D eigenvalue weighted by molar-refractivity contribution is 5.74. The summed E-state index contributed by atoms with van der Waals surface area (Å²) in [5.74, 6) is 0. The average Bonchev–Trinajstić information content (AvgIpc) is 3.10. The molecule has 2 aromatic carbocycles. The molecule has 3 heterocycles. The number of hydrogen-bond donors (Lipinski definition) is 2. The van der Waals surface area contributed by atoms with Gasteiger partial charge >= 0.3 is 0 Å². The predicted molar refractivity (Wildman–Crippen MR) is 123 cm³/mol. The molecule has 0 saturated carbocycles. The van der Waals surface area contributed by atoms with Crippen LogP contribution in [0.1, 0.15) is 41.3 Å². The average molecular weight is 411 g/mol. The Bertz CT molecular complexity index is 1170. The molecule has 0 bridgehead atoms. The Morgan fingerprint density at radius 1 is 1.23 bits per heavy atom. The SMILES string of the molecule is [C-]#[N+]Cc1ccc(NC2CCn3nnc(C)c3-c3ccc(C4=CCNCC4)cc32)cc1. The first-order valence-corrected chi connectivity index (χ1v) is 10.9. The Balaban J connectivity index is 1.54. The number of aromatic nitrogens is 3. The van der Waals surface area contributed by atoms with E-state index in [1.165, 1.54) is 22.3 Å². The maximum Gasteiger partial charge on any atom is 0.239 e. The lowest BCUT2D eigenvalue weighted by atomic mass is 9.90. The predicted octanol–water partition coefficient (Wildman–Crippen LogP) is 4.61. The maximum absolute atomic E-state index is 7.06. The molecule has 1 unspecified atom stereocenters. The first-order valence-electron chi connectivity index (χ1n) is 10.9. The number of anilines is 1. The van der Waals surface area contributed by atoms with Crippen molar-refractivity contribution in [2.24, 2.45) is 0 Å². The minimum atomic E-state index is 0.171. The third kappa shape index (κ3) is 3.85. The van der Waals surface area contributed by atoms with E-state index in [2.05, 4.69) is 62.2 Å². The first-order chi connectivity index (χ1) is 15.2. The monoisotopic (exact) mass is 410 g/mol. The highest BCUT2D eigenvalue weighted by Gasteiger charge is 2.26. The zero-order valence-electron chi connectivity index (χ0n) is 17.7. The highest BCUT2D eigenvalue weighted by Crippen LogP contribution is 2.38. The molecule has 0 fully saturated rings. The number of nitrogens with one attached hydrogen (secondary N) is 2. The van der Waals surface area contributed by atoms with E-state index in [9.17, 15) is 0 Å². The van der Waals surface area contributed by atoms with E-state index in [-0.39, 0.29) is 6.04 Å². The molecule has 0 radical (unpaired) electrons. The van der Waals surface area contributed by atoms with Gasteiger partial charge in [0.2, 0.25) is 6.54 Å². The highest BCUT2D eigenvalue weighted by atomic mass is 15.4. The van der Waals surface area contributed by atoms with Crippen LogP contribution in [-0.4, -0.2) is 28.1 Å². The van der Waals surface area contributed by atoms with Gasteiger partial charge in [0.15, 0.2) is 0 Å². The fraction of sp³-hybridized carbons (Fsp3) is 0.320. The van der Waals surface area contributed by atoms with Crippen LogP contribution in [0.5, 0.6) is 0 Å². The lowest BCUT2D eigenvalue weighted by molar-refractivity contribution is 0.539. The van der Waals surface area contributed by atoms with Crippen molar-refractivity contribution >= 4 is 11.3 Å². The Labute approximate surface area is 182 Å². The molecule has 2 N–H and O–H groups in total. The van der Waals surface area contributed by atoms with Gasteiger partial charge in [-0.05, 0) is 73.3 Å². The number of fused-ring (bicyclic) bond motifs is 3. The van der Waals surface area contributed by atoms with Crippen LogP contribution in [0.2, 0.25) is 0 Å². The Kier molecular flexibility index (Phi) is 5.27. The summed E-state index contributed by atoms with van der Waals surface area (Å²) in [7, 11) is 0. The Morgan fingerprint density at radius 3 is 2.87 bits per heavy atom. The fourth-order valence-electron chi connectivity index (χ4n) is 4.60. The molecule has 5 rings (SSSR count). The van der Waals surface area contributed by atoms with Gasteiger partial charge in [0, 0.05) is 29.9 Å². The molecule has 2 aliphatic heterocycles. The lowest BCUT2D eigenvalue weighted by Gasteiger charge is -2.22. The normalized spacial score (nSPS) is 17.7. The third-order valence-corrected chi connectivity index (χ3v) is 6.21. The van der Waals surface area contributed by atoms with Crippen molar-refractivity contribution in [3.63, 3.8) is 0 Å². The summed E-state index contributed by atoms with van der Waals surface area (Å²) in [6, 6.07) is 15.2. The largest absolute Gasteiger partial charge is 0.378 e. The van der Waals surface area contributed by atoms with E-state index in [0.29, 0.717) is 6.54 Å². The maximum atomic E-state index is 7.06. The summed E-state index contributed by atoms with van der Waals surface area (Å²) in [6.45, 7) is 12.3. The van der Waals surface area contributed by atoms with Crippen molar-refractivity contribution < 1.29 is 0 Å². The molecular formula is C25H26N6. The second-order valence-corrected chi connectivity index (χ2v) is 8.23. The van der Waals surface area contributed by atoms with E-state index >= 15 is 0 Å². The molecule has 1 atom stereocenters. The molecular weight excluding hydrogens is 384 g/mol. The van der Waals surface area contributed by atoms with Crippen LogP contribution < -0.4 is 10.6 Å². The fourth-order valence-corrected chi connectivity index (χ4v) is 4.60. The summed E-state index contributed by atoms with van der Waals surface area (Å²) >= 11 is 0. The van der Waals surface area contributed by atoms with Gasteiger partial charge in [-0.25, -0.2) is 11.3 Å². The molecule has 0 aliphatic carbocycles. The number of nitrogens with zero attached hydrogens (tertiary/aromatic N) is 4. The van der Waals surface area contributed by atoms with Gasteiger partial charge in [0.05, 0.1) is 17.4 Å². The number of aryl methyl sites for hydroxylation is 2. The van der Waals surface area contributed by atoms with Gasteiger partial charge in [0.25, 0.3) is 0 Å². The van der Waals surface area contributed by atoms with Crippen molar-refractivity contribution in [3.8, 4) is 11.3 Å². The molecule has 156 valence electrons. The summed E-state index contributed by atoms with van der Waals surface area (Å²) in [5.41, 5.74) is 9.44. The standard InChI is InChI=1S/C25H26N6/c1-17-25-22-8-5-20(19-9-12-27-13-10-19)15-23(22)24(11-14-31(25)30-29-17)28-21-6-3-18(4-7-21)16-26-2/h3-9,15,24,27-28H,10-14,16H2,1H3. The van der Waals surface area contributed by atoms with Crippen molar-refractivity contribution in [1.82, 2.24) is 20.3 Å². The van der Waals surface area contributed by atoms with Crippen LogP contribution in [0.4, 0.5) is 5.69 Å². The topological polar surface area (TPSA) is 59.1 Å². The Hall–Kier alpha value is -3.43. The van der Waals surface area contributed by atoms with Gasteiger partial charge in [0.1, 0.15) is 0 Å². The summed E-state index contributed by atoms with van der Waals surface area (Å²) in [5, 5.41) is 15.9. The molecule has 6 heteroatoms. The third-order valence-electron chi connectivity index (χ3n) is 6.21. The van der Waals surface area contributed by atoms with Gasteiger partial charge in [-0.15, -0.1) is 5.10 Å². The number of benzene rings is 2. The van der Waals surface area contributed by atoms with Crippen LogP contribution in [0.25, 0.3) is 21.7 Å². The first kappa shape index (κ1) is 19.5. The number of hydrogen-bond acceptors (Lipinski definition) is 4. The van der Waals surface area contributed by atoms with Crippen LogP contribution in [0.15, 0.2) is 48.5 Å². The summed E-state index contributed by atoms with van der Waals surface area (Å²) in [4.78, 5) is 3.48. The van der Waals surface area contributed by atoms with E-state index < -0.39 is 0 Å². The summed E-state index contributed by atoms with van der Waals surface area (Å²) < 4.78 is 2.04. The van der Waals surface area contributed by atoms with Gasteiger partial charge in [-0.3, -0.25) is 0 Å². The minimum Gasteiger partial charge on any atom is -0.378 e. The molecule has 2 aliphatic rings. The van der Waals surface area contributed by atoms with Crippen molar-refractivity contribution in [3.05, 3.63) is 82.3 Å². The van der Waals surface area contributed by atoms with Gasteiger partial charge in [-0.2, -0.15) is 0 Å². The van der Waals surface area contributed by atoms with Gasteiger partial charge < -0.3 is 15.5 Å². The van der Waals surface area contributed by atoms with E-state index in [1.807, 2.05) is 23.7 Å². The van der Waals surface area contributed by atoms with Crippen LogP contribution in [-0.2, 0) is 13.1 Å². The second kappa shape index (κ2) is 8.37. The van der Waals surface area contributed by atoms with Gasteiger partial charge in [-0.1, -0.05) is 23.4 Å². The quantitative estimate of drug-likeness (QED) is 0.617. The molecule has 0 amide bonds. The molecule has 31 heavy (non-hydrogen) atoms. The molecule has 3 aromatic rings. The van der Waals surface area contributed by atoms with Crippen LogP contribution in [0.3, 0.4) is 0 Å². The van der Waals surface area contributed by atoms with Crippen LogP contribution >= 0.6 is 0 Å². The zero-order valence-corrected chi connectivity index (χ0v) is 17.7. The Morgan fingerprint density at radius 2 is 2.10 bits per heavy atom. The zero-order chi connectivity index (χ0) is 21.2. The van der Waals surface area contributed by atoms with Crippen molar-refractivity contribution in [1.29, 1.82) is 0 Å². The smallest absolute Gasteiger partial charge is 0.239 e. The number of rotatable bonds is 4. The molecule has 6 nitrogen and oxygen atoms in total. The van der Waals surface area contributed by atoms with E-state index in [0.717, 1.165) is 55.1 Å². The van der Waals surface area contributed by atoms with Crippen molar-refractivity contribution in [2.75, 3.05) is 18.4 Å².